The highest BCUT2D eigenvalue weighted by Crippen LogP contribution is 2.24. The quantitative estimate of drug-likeness (QED) is 0.498. The van der Waals surface area contributed by atoms with Crippen LogP contribution in [0.25, 0.3) is 5.69 Å². The summed E-state index contributed by atoms with van der Waals surface area (Å²) >= 11 is 1.60. The Morgan fingerprint density at radius 2 is 1.96 bits per heavy atom. The zero-order valence-electron chi connectivity index (χ0n) is 14.1. The van der Waals surface area contributed by atoms with Gasteiger partial charge in [-0.15, -0.1) is 10.2 Å². The Labute approximate surface area is 151 Å². The molecule has 0 aliphatic carbocycles. The molecule has 5 nitrogen and oxygen atoms in total. The summed E-state index contributed by atoms with van der Waals surface area (Å²) in [4.78, 5) is 0. The van der Waals surface area contributed by atoms with Crippen molar-refractivity contribution >= 4 is 11.8 Å². The second-order valence-corrected chi connectivity index (χ2v) is 6.55. The van der Waals surface area contributed by atoms with E-state index in [2.05, 4.69) is 39.9 Å². The van der Waals surface area contributed by atoms with Crippen LogP contribution in [0.2, 0.25) is 0 Å². The van der Waals surface area contributed by atoms with Crippen molar-refractivity contribution in [2.24, 2.45) is 0 Å². The molecule has 0 radical (unpaired) electrons. The number of aryl methyl sites for hydroxylation is 2. The van der Waals surface area contributed by atoms with E-state index in [9.17, 15) is 0 Å². The van der Waals surface area contributed by atoms with Crippen LogP contribution >= 0.6 is 11.8 Å². The number of nitrogens with zero attached hydrogens (tertiary/aromatic N) is 4. The number of para-hydroxylation sites is 1. The molecule has 0 aliphatic rings. The van der Waals surface area contributed by atoms with Gasteiger partial charge in [-0.05, 0) is 43.7 Å². The first kappa shape index (κ1) is 17.1. The molecule has 3 rings (SSSR count). The molecule has 0 spiro atoms. The lowest BCUT2D eigenvalue weighted by Gasteiger charge is -2.11. The van der Waals surface area contributed by atoms with Crippen molar-refractivity contribution in [1.29, 1.82) is 5.26 Å². The summed E-state index contributed by atoms with van der Waals surface area (Å²) < 4.78 is 7.78. The summed E-state index contributed by atoms with van der Waals surface area (Å²) in [5.74, 6) is 2.30. The Bertz CT molecular complexity index is 914. The fraction of sp³-hybridized carbons (Fsp3) is 0.211. The Morgan fingerprint density at radius 3 is 2.76 bits per heavy atom. The van der Waals surface area contributed by atoms with Crippen LogP contribution in [0.3, 0.4) is 0 Å². The van der Waals surface area contributed by atoms with Crippen molar-refractivity contribution in [2.75, 3.05) is 12.4 Å². The normalized spacial score (nSPS) is 10.4. The standard InChI is InChI=1S/C19H18N4OS/c1-14-6-3-4-9-18(14)23-15(2)21-22-19(23)25-11-10-24-17-8-5-7-16(12-17)13-20/h3-9,12H,10-11H2,1-2H3. The van der Waals surface area contributed by atoms with Crippen LogP contribution in [-0.4, -0.2) is 27.1 Å². The molecule has 0 atom stereocenters. The number of ether oxygens (including phenoxy) is 1. The number of nitriles is 1. The molecule has 25 heavy (non-hydrogen) atoms. The molecule has 0 aliphatic heterocycles. The van der Waals surface area contributed by atoms with Crippen LogP contribution in [0.5, 0.6) is 5.75 Å². The highest BCUT2D eigenvalue weighted by atomic mass is 32.2. The fourth-order valence-electron chi connectivity index (χ4n) is 2.48. The Morgan fingerprint density at radius 1 is 1.12 bits per heavy atom. The van der Waals surface area contributed by atoms with E-state index >= 15 is 0 Å². The molecule has 126 valence electrons. The third-order valence-electron chi connectivity index (χ3n) is 3.70. The van der Waals surface area contributed by atoms with Crippen LogP contribution in [0.15, 0.2) is 53.7 Å². The van der Waals surface area contributed by atoms with Gasteiger partial charge in [-0.3, -0.25) is 4.57 Å². The molecular formula is C19H18N4OS. The third kappa shape index (κ3) is 4.01. The minimum atomic E-state index is 0.527. The van der Waals surface area contributed by atoms with Gasteiger partial charge in [-0.2, -0.15) is 5.26 Å². The minimum Gasteiger partial charge on any atom is -0.493 e. The molecule has 0 amide bonds. The Kier molecular flexibility index (Phi) is 5.36. The fourth-order valence-corrected chi connectivity index (χ4v) is 3.28. The summed E-state index contributed by atoms with van der Waals surface area (Å²) in [6, 6.07) is 17.5. The predicted molar refractivity (Wildman–Crippen MR) is 98.2 cm³/mol. The summed E-state index contributed by atoms with van der Waals surface area (Å²) in [6.45, 7) is 4.56. The second kappa shape index (κ2) is 7.86. The Hall–Kier alpha value is -2.78. The second-order valence-electron chi connectivity index (χ2n) is 5.49. The van der Waals surface area contributed by atoms with Crippen molar-refractivity contribution < 1.29 is 4.74 Å². The highest BCUT2D eigenvalue weighted by Gasteiger charge is 2.12. The lowest BCUT2D eigenvalue weighted by Crippen LogP contribution is -2.04. The molecule has 0 bridgehead atoms. The number of aromatic nitrogens is 3. The van der Waals surface area contributed by atoms with E-state index in [0.29, 0.717) is 17.9 Å². The largest absolute Gasteiger partial charge is 0.493 e. The van der Waals surface area contributed by atoms with E-state index < -0.39 is 0 Å². The molecule has 0 unspecified atom stereocenters. The summed E-state index contributed by atoms with van der Waals surface area (Å²) in [6.07, 6.45) is 0. The van der Waals surface area contributed by atoms with Gasteiger partial charge in [0.2, 0.25) is 0 Å². The van der Waals surface area contributed by atoms with E-state index in [1.807, 2.05) is 31.2 Å². The summed E-state index contributed by atoms with van der Waals surface area (Å²) in [7, 11) is 0. The number of benzene rings is 2. The molecular weight excluding hydrogens is 332 g/mol. The molecule has 6 heteroatoms. The van der Waals surface area contributed by atoms with Gasteiger partial charge in [0, 0.05) is 5.75 Å². The van der Waals surface area contributed by atoms with Crippen molar-refractivity contribution in [1.82, 2.24) is 14.8 Å². The predicted octanol–water partition coefficient (Wildman–Crippen LogP) is 3.93. The molecule has 2 aromatic carbocycles. The molecule has 1 aromatic heterocycles. The van der Waals surface area contributed by atoms with Gasteiger partial charge >= 0.3 is 0 Å². The van der Waals surface area contributed by atoms with Crippen molar-refractivity contribution in [3.05, 3.63) is 65.5 Å². The maximum absolute atomic E-state index is 8.92. The summed E-state index contributed by atoms with van der Waals surface area (Å²) in [5.41, 5.74) is 2.87. The smallest absolute Gasteiger partial charge is 0.195 e. The molecule has 1 heterocycles. The molecule has 0 saturated carbocycles. The number of hydrogen-bond donors (Lipinski definition) is 0. The zero-order chi connectivity index (χ0) is 17.6. The number of hydrogen-bond acceptors (Lipinski definition) is 5. The van der Waals surface area contributed by atoms with E-state index in [1.54, 1.807) is 23.9 Å². The van der Waals surface area contributed by atoms with E-state index in [1.165, 1.54) is 5.56 Å². The zero-order valence-corrected chi connectivity index (χ0v) is 15.0. The lowest BCUT2D eigenvalue weighted by molar-refractivity contribution is 0.344. The van der Waals surface area contributed by atoms with Crippen LogP contribution in [0.4, 0.5) is 0 Å². The van der Waals surface area contributed by atoms with Gasteiger partial charge in [0.15, 0.2) is 5.16 Å². The first-order valence-electron chi connectivity index (χ1n) is 7.93. The van der Waals surface area contributed by atoms with Crippen LogP contribution in [0.1, 0.15) is 17.0 Å². The van der Waals surface area contributed by atoms with E-state index in [0.717, 1.165) is 22.4 Å². The van der Waals surface area contributed by atoms with Crippen molar-refractivity contribution in [3.63, 3.8) is 0 Å². The summed E-state index contributed by atoms with van der Waals surface area (Å²) in [5, 5.41) is 18.3. The third-order valence-corrected chi connectivity index (χ3v) is 4.59. The van der Waals surface area contributed by atoms with Gasteiger partial charge in [-0.25, -0.2) is 0 Å². The van der Waals surface area contributed by atoms with Crippen molar-refractivity contribution in [3.8, 4) is 17.5 Å². The van der Waals surface area contributed by atoms with Gasteiger partial charge < -0.3 is 4.74 Å². The van der Waals surface area contributed by atoms with Gasteiger partial charge in [0.05, 0.1) is 23.9 Å². The molecule has 0 N–H and O–H groups in total. The van der Waals surface area contributed by atoms with Crippen LogP contribution in [-0.2, 0) is 0 Å². The average Bonchev–Trinajstić information content (AvgIpc) is 3.00. The first-order valence-corrected chi connectivity index (χ1v) is 8.91. The number of rotatable bonds is 6. The maximum Gasteiger partial charge on any atom is 0.195 e. The molecule has 0 fully saturated rings. The van der Waals surface area contributed by atoms with Crippen LogP contribution < -0.4 is 4.74 Å². The first-order chi connectivity index (χ1) is 12.2. The Balaban J connectivity index is 1.65. The van der Waals surface area contributed by atoms with Gasteiger partial charge in [0.25, 0.3) is 0 Å². The van der Waals surface area contributed by atoms with Crippen LogP contribution in [0, 0.1) is 25.2 Å². The number of thioether (sulfide) groups is 1. The average molecular weight is 350 g/mol. The molecule has 0 saturated heterocycles. The lowest BCUT2D eigenvalue weighted by atomic mass is 10.2. The minimum absolute atomic E-state index is 0.527. The SMILES string of the molecule is Cc1ccccc1-n1c(C)nnc1SCCOc1cccc(C#N)c1. The highest BCUT2D eigenvalue weighted by molar-refractivity contribution is 7.99. The van der Waals surface area contributed by atoms with Gasteiger partial charge in [0.1, 0.15) is 11.6 Å². The monoisotopic (exact) mass is 350 g/mol. The topological polar surface area (TPSA) is 63.7 Å². The van der Waals surface area contributed by atoms with E-state index in [4.69, 9.17) is 10.00 Å². The maximum atomic E-state index is 8.92. The van der Waals surface area contributed by atoms with E-state index in [-0.39, 0.29) is 0 Å². The van der Waals surface area contributed by atoms with Gasteiger partial charge in [-0.1, -0.05) is 36.0 Å². The molecule has 3 aromatic rings. The van der Waals surface area contributed by atoms with Crippen molar-refractivity contribution in [2.45, 2.75) is 19.0 Å².